The van der Waals surface area contributed by atoms with Gasteiger partial charge in [0.15, 0.2) is 0 Å². The number of nitrogens with one attached hydrogen (secondary N) is 1. The van der Waals surface area contributed by atoms with E-state index in [0.717, 1.165) is 39.7 Å². The highest BCUT2D eigenvalue weighted by atomic mass is 16.5. The largest absolute Gasteiger partial charge is 0.496 e. The Bertz CT molecular complexity index is 1280. The second-order valence-corrected chi connectivity index (χ2v) is 8.29. The Balaban J connectivity index is 1.71. The minimum absolute atomic E-state index is 0.104. The first-order valence-electron chi connectivity index (χ1n) is 11.2. The Morgan fingerprint density at radius 2 is 1.70 bits per heavy atom. The molecule has 0 fully saturated rings. The maximum atomic E-state index is 12.4. The molecule has 168 valence electrons. The van der Waals surface area contributed by atoms with E-state index in [1.807, 2.05) is 51.1 Å². The van der Waals surface area contributed by atoms with Crippen molar-refractivity contribution in [1.82, 2.24) is 5.32 Å². The van der Waals surface area contributed by atoms with Crippen LogP contribution >= 0.6 is 0 Å². The molecule has 0 spiro atoms. The monoisotopic (exact) mass is 439 g/mol. The van der Waals surface area contributed by atoms with Crippen LogP contribution in [0, 0.1) is 0 Å². The van der Waals surface area contributed by atoms with E-state index in [9.17, 15) is 4.79 Å². The molecule has 0 aliphatic heterocycles. The molecule has 1 N–H and O–H groups in total. The van der Waals surface area contributed by atoms with Gasteiger partial charge in [0.25, 0.3) is 0 Å². The van der Waals surface area contributed by atoms with E-state index in [4.69, 9.17) is 9.15 Å². The molecule has 1 atom stereocenters. The van der Waals surface area contributed by atoms with E-state index in [0.29, 0.717) is 5.75 Å². The molecule has 1 amide bonds. The molecule has 1 unspecified atom stereocenters. The van der Waals surface area contributed by atoms with Crippen LogP contribution in [0.3, 0.4) is 0 Å². The molecule has 4 aromatic rings. The lowest BCUT2D eigenvalue weighted by molar-refractivity contribution is -0.117. The average Bonchev–Trinajstić information content (AvgIpc) is 3.26. The predicted molar refractivity (Wildman–Crippen MR) is 135 cm³/mol. The van der Waals surface area contributed by atoms with Gasteiger partial charge < -0.3 is 14.5 Å². The highest BCUT2D eigenvalue weighted by molar-refractivity contribution is 6.00. The summed E-state index contributed by atoms with van der Waals surface area (Å²) in [6.07, 6.45) is 4.29. The number of ether oxygens (including phenoxy) is 1. The number of hydrogen-bond donors (Lipinski definition) is 1. The van der Waals surface area contributed by atoms with Crippen LogP contribution < -0.4 is 10.1 Å². The summed E-state index contributed by atoms with van der Waals surface area (Å²) in [6, 6.07) is 22.8. The Labute approximate surface area is 194 Å². The van der Waals surface area contributed by atoms with Crippen molar-refractivity contribution in [3.05, 3.63) is 84.6 Å². The van der Waals surface area contributed by atoms with E-state index in [1.54, 1.807) is 19.4 Å². The minimum atomic E-state index is -0.104. The van der Waals surface area contributed by atoms with Gasteiger partial charge >= 0.3 is 0 Å². The number of fused-ring (bicyclic) bond motifs is 1. The van der Waals surface area contributed by atoms with Gasteiger partial charge in [-0.25, -0.2) is 0 Å². The van der Waals surface area contributed by atoms with E-state index in [2.05, 4.69) is 41.7 Å². The highest BCUT2D eigenvalue weighted by Gasteiger charge is 2.15. The summed E-state index contributed by atoms with van der Waals surface area (Å²) < 4.78 is 11.5. The third kappa shape index (κ3) is 4.85. The normalized spacial score (nSPS) is 12.5. The van der Waals surface area contributed by atoms with Crippen LogP contribution in [-0.4, -0.2) is 19.1 Å². The number of allylic oxidation sites excluding steroid dienone is 1. The first kappa shape index (κ1) is 22.4. The Kier molecular flexibility index (Phi) is 6.64. The van der Waals surface area contributed by atoms with Crippen molar-refractivity contribution in [3.8, 4) is 28.0 Å². The van der Waals surface area contributed by atoms with Crippen LogP contribution in [0.2, 0.25) is 0 Å². The van der Waals surface area contributed by atoms with Crippen LogP contribution in [0.4, 0.5) is 0 Å². The van der Waals surface area contributed by atoms with Gasteiger partial charge in [-0.3, -0.25) is 4.79 Å². The number of furan rings is 1. The van der Waals surface area contributed by atoms with E-state index in [1.165, 1.54) is 11.1 Å². The lowest BCUT2D eigenvalue weighted by atomic mass is 9.97. The number of benzene rings is 3. The molecule has 1 heterocycles. The molecule has 3 aromatic carbocycles. The van der Waals surface area contributed by atoms with Crippen LogP contribution in [0.5, 0.6) is 5.75 Å². The number of amides is 1. The molecular weight excluding hydrogens is 410 g/mol. The van der Waals surface area contributed by atoms with Gasteiger partial charge in [-0.05, 0) is 48.6 Å². The molecule has 4 nitrogen and oxygen atoms in total. The van der Waals surface area contributed by atoms with E-state index in [-0.39, 0.29) is 11.9 Å². The number of hydrogen-bond acceptors (Lipinski definition) is 3. The standard InChI is InChI=1S/C29H29NO3/c1-5-20(3)30-29(31)15-19(2)24-16-25-26(18-33-28(25)17-27(24)32-4)23-13-11-22(12-14-23)21-9-7-6-8-10-21/h6-18,20H,5H2,1-4H3,(H,30,31)/b19-15+. The summed E-state index contributed by atoms with van der Waals surface area (Å²) in [5, 5.41) is 3.96. The fourth-order valence-electron chi connectivity index (χ4n) is 3.89. The Morgan fingerprint density at radius 3 is 2.36 bits per heavy atom. The van der Waals surface area contributed by atoms with Crippen molar-refractivity contribution in [2.24, 2.45) is 0 Å². The predicted octanol–water partition coefficient (Wildman–Crippen LogP) is 7.09. The molecule has 0 radical (unpaired) electrons. The fraction of sp³-hybridized carbons (Fsp3) is 0.207. The molecule has 33 heavy (non-hydrogen) atoms. The highest BCUT2D eigenvalue weighted by Crippen LogP contribution is 2.37. The summed E-state index contributed by atoms with van der Waals surface area (Å²) in [4.78, 5) is 12.4. The zero-order valence-electron chi connectivity index (χ0n) is 19.5. The van der Waals surface area contributed by atoms with E-state index >= 15 is 0 Å². The van der Waals surface area contributed by atoms with Crippen molar-refractivity contribution >= 4 is 22.4 Å². The third-order valence-electron chi connectivity index (χ3n) is 5.97. The summed E-state index contributed by atoms with van der Waals surface area (Å²) in [7, 11) is 1.63. The molecule has 1 aromatic heterocycles. The van der Waals surface area contributed by atoms with Crippen molar-refractivity contribution in [2.45, 2.75) is 33.2 Å². The van der Waals surface area contributed by atoms with Gasteiger partial charge in [0, 0.05) is 34.7 Å². The van der Waals surface area contributed by atoms with Crippen molar-refractivity contribution in [3.63, 3.8) is 0 Å². The smallest absolute Gasteiger partial charge is 0.244 e. The molecule has 0 aliphatic carbocycles. The zero-order chi connectivity index (χ0) is 23.4. The molecular formula is C29H29NO3. The first-order chi connectivity index (χ1) is 16.0. The van der Waals surface area contributed by atoms with Crippen molar-refractivity contribution in [2.75, 3.05) is 7.11 Å². The Hall–Kier alpha value is -3.79. The lowest BCUT2D eigenvalue weighted by Crippen LogP contribution is -2.30. The van der Waals surface area contributed by atoms with Gasteiger partial charge in [-0.15, -0.1) is 0 Å². The average molecular weight is 440 g/mol. The summed E-state index contributed by atoms with van der Waals surface area (Å²) in [6.45, 7) is 5.97. The summed E-state index contributed by atoms with van der Waals surface area (Å²) in [5.41, 5.74) is 6.87. The van der Waals surface area contributed by atoms with Gasteiger partial charge in [0.1, 0.15) is 11.3 Å². The van der Waals surface area contributed by atoms with Gasteiger partial charge in [-0.2, -0.15) is 0 Å². The second kappa shape index (κ2) is 9.78. The fourth-order valence-corrected chi connectivity index (χ4v) is 3.89. The number of methoxy groups -OCH3 is 1. The number of rotatable bonds is 7. The second-order valence-electron chi connectivity index (χ2n) is 8.29. The quantitative estimate of drug-likeness (QED) is 0.313. The maximum absolute atomic E-state index is 12.4. The Morgan fingerprint density at radius 1 is 1.03 bits per heavy atom. The van der Waals surface area contributed by atoms with Gasteiger partial charge in [0.2, 0.25) is 5.91 Å². The number of carbonyl (C=O) groups excluding carboxylic acids is 1. The summed E-state index contributed by atoms with van der Waals surface area (Å²) in [5.74, 6) is 0.570. The van der Waals surface area contributed by atoms with Crippen LogP contribution in [0.1, 0.15) is 32.8 Å². The van der Waals surface area contributed by atoms with Crippen LogP contribution in [0.15, 0.2) is 83.5 Å². The topological polar surface area (TPSA) is 51.5 Å². The van der Waals surface area contributed by atoms with Crippen molar-refractivity contribution < 1.29 is 13.9 Å². The number of carbonyl (C=O) groups is 1. The maximum Gasteiger partial charge on any atom is 0.244 e. The molecule has 0 bridgehead atoms. The van der Waals surface area contributed by atoms with Crippen LogP contribution in [-0.2, 0) is 4.79 Å². The van der Waals surface area contributed by atoms with Gasteiger partial charge in [-0.1, -0.05) is 61.5 Å². The summed E-state index contributed by atoms with van der Waals surface area (Å²) >= 11 is 0. The molecule has 0 saturated carbocycles. The lowest BCUT2D eigenvalue weighted by Gasteiger charge is -2.12. The first-order valence-corrected chi connectivity index (χ1v) is 11.2. The molecule has 4 rings (SSSR count). The SMILES string of the molecule is CCC(C)NC(=O)/C=C(\C)c1cc2c(-c3ccc(-c4ccccc4)cc3)coc2cc1OC. The van der Waals surface area contributed by atoms with Crippen molar-refractivity contribution in [1.29, 1.82) is 0 Å². The minimum Gasteiger partial charge on any atom is -0.496 e. The third-order valence-corrected chi connectivity index (χ3v) is 5.97. The molecule has 0 saturated heterocycles. The van der Waals surface area contributed by atoms with Crippen LogP contribution in [0.25, 0.3) is 38.8 Å². The van der Waals surface area contributed by atoms with E-state index < -0.39 is 0 Å². The molecule has 0 aliphatic rings. The molecule has 4 heteroatoms. The zero-order valence-corrected chi connectivity index (χ0v) is 19.5. The van der Waals surface area contributed by atoms with Gasteiger partial charge in [0.05, 0.1) is 13.4 Å².